The summed E-state index contributed by atoms with van der Waals surface area (Å²) in [6.07, 6.45) is 1.67. The topological polar surface area (TPSA) is 87.5 Å². The maximum atomic E-state index is 11.7. The van der Waals surface area contributed by atoms with Crippen molar-refractivity contribution < 1.29 is 19.0 Å². The van der Waals surface area contributed by atoms with Gasteiger partial charge in [-0.3, -0.25) is 4.79 Å². The molecule has 1 amide bonds. The number of carbonyl (C=O) groups is 1. The average molecular weight is 320 g/mol. The molecule has 0 aliphatic carbocycles. The van der Waals surface area contributed by atoms with E-state index in [0.717, 1.165) is 0 Å². The standard InChI is InChI=1S/C15H20N4O4/c1-21-8-7-16-15(20)10-19-9-12(17-18-19)11-23-14-6-4-3-5-13(14)22-2/h3-6,9H,7-8,10-11H2,1-2H3,(H,16,20). The van der Waals surface area contributed by atoms with Crippen LogP contribution in [0.15, 0.2) is 30.5 Å². The van der Waals surface area contributed by atoms with E-state index in [2.05, 4.69) is 15.6 Å². The van der Waals surface area contributed by atoms with Gasteiger partial charge in [-0.05, 0) is 12.1 Å². The number of nitrogens with zero attached hydrogens (tertiary/aromatic N) is 3. The van der Waals surface area contributed by atoms with E-state index in [1.165, 1.54) is 4.68 Å². The van der Waals surface area contributed by atoms with Gasteiger partial charge in [-0.1, -0.05) is 17.3 Å². The van der Waals surface area contributed by atoms with Crippen LogP contribution in [-0.2, 0) is 22.7 Å². The summed E-state index contributed by atoms with van der Waals surface area (Å²) in [6, 6.07) is 7.35. The molecule has 0 atom stereocenters. The summed E-state index contributed by atoms with van der Waals surface area (Å²) in [7, 11) is 3.16. The summed E-state index contributed by atoms with van der Waals surface area (Å²) in [4.78, 5) is 11.7. The van der Waals surface area contributed by atoms with Crippen LogP contribution < -0.4 is 14.8 Å². The van der Waals surface area contributed by atoms with Crippen LogP contribution in [0.2, 0.25) is 0 Å². The molecule has 0 fully saturated rings. The van der Waals surface area contributed by atoms with E-state index >= 15 is 0 Å². The summed E-state index contributed by atoms with van der Waals surface area (Å²) >= 11 is 0. The molecule has 8 heteroatoms. The molecule has 2 rings (SSSR count). The van der Waals surface area contributed by atoms with Gasteiger partial charge in [0.25, 0.3) is 0 Å². The Balaban J connectivity index is 1.84. The molecule has 2 aromatic rings. The van der Waals surface area contributed by atoms with Crippen molar-refractivity contribution in [2.24, 2.45) is 0 Å². The van der Waals surface area contributed by atoms with Gasteiger partial charge in [-0.25, -0.2) is 4.68 Å². The molecular formula is C15H20N4O4. The van der Waals surface area contributed by atoms with E-state index in [0.29, 0.717) is 30.3 Å². The lowest BCUT2D eigenvalue weighted by Crippen LogP contribution is -2.30. The first-order valence-electron chi connectivity index (χ1n) is 7.13. The maximum absolute atomic E-state index is 11.7. The molecule has 124 valence electrons. The molecule has 0 bridgehead atoms. The van der Waals surface area contributed by atoms with Crippen molar-refractivity contribution >= 4 is 5.91 Å². The van der Waals surface area contributed by atoms with Crippen LogP contribution in [0.25, 0.3) is 0 Å². The molecule has 1 heterocycles. The molecule has 1 N–H and O–H groups in total. The predicted octanol–water partition coefficient (Wildman–Crippen LogP) is 0.628. The number of ether oxygens (including phenoxy) is 3. The number of para-hydroxylation sites is 2. The second kappa shape index (κ2) is 8.74. The minimum Gasteiger partial charge on any atom is -0.493 e. The van der Waals surface area contributed by atoms with Crippen LogP contribution in [0.5, 0.6) is 11.5 Å². The van der Waals surface area contributed by atoms with E-state index in [-0.39, 0.29) is 19.1 Å². The fraction of sp³-hybridized carbons (Fsp3) is 0.400. The van der Waals surface area contributed by atoms with Crippen LogP contribution in [-0.4, -0.2) is 48.3 Å². The number of carbonyl (C=O) groups excluding carboxylic acids is 1. The van der Waals surface area contributed by atoms with E-state index < -0.39 is 0 Å². The highest BCUT2D eigenvalue weighted by molar-refractivity contribution is 5.75. The van der Waals surface area contributed by atoms with Gasteiger partial charge in [-0.2, -0.15) is 0 Å². The fourth-order valence-corrected chi connectivity index (χ4v) is 1.87. The highest BCUT2D eigenvalue weighted by Gasteiger charge is 2.08. The summed E-state index contributed by atoms with van der Waals surface area (Å²) in [5, 5.41) is 10.6. The summed E-state index contributed by atoms with van der Waals surface area (Å²) in [5.74, 6) is 1.13. The van der Waals surface area contributed by atoms with Crippen LogP contribution in [0.4, 0.5) is 0 Å². The third kappa shape index (κ3) is 5.26. The normalized spacial score (nSPS) is 10.3. The van der Waals surface area contributed by atoms with E-state index in [9.17, 15) is 4.79 Å². The predicted molar refractivity (Wildman–Crippen MR) is 82.2 cm³/mol. The third-order valence-corrected chi connectivity index (χ3v) is 2.96. The highest BCUT2D eigenvalue weighted by atomic mass is 16.5. The fourth-order valence-electron chi connectivity index (χ4n) is 1.87. The zero-order chi connectivity index (χ0) is 16.5. The van der Waals surface area contributed by atoms with Crippen LogP contribution >= 0.6 is 0 Å². The molecular weight excluding hydrogens is 300 g/mol. The van der Waals surface area contributed by atoms with Crippen molar-refractivity contribution in [1.82, 2.24) is 20.3 Å². The van der Waals surface area contributed by atoms with Crippen LogP contribution in [0.1, 0.15) is 5.69 Å². The van der Waals surface area contributed by atoms with Gasteiger partial charge in [0.2, 0.25) is 5.91 Å². The van der Waals surface area contributed by atoms with Gasteiger partial charge in [0.1, 0.15) is 18.8 Å². The smallest absolute Gasteiger partial charge is 0.241 e. The van der Waals surface area contributed by atoms with Crippen LogP contribution in [0, 0.1) is 0 Å². The Morgan fingerprint density at radius 1 is 1.26 bits per heavy atom. The van der Waals surface area contributed by atoms with Crippen LogP contribution in [0.3, 0.4) is 0 Å². The Labute approximate surface area is 134 Å². The van der Waals surface area contributed by atoms with E-state index in [1.807, 2.05) is 24.3 Å². The first kappa shape index (κ1) is 16.8. The minimum absolute atomic E-state index is 0.103. The number of methoxy groups -OCH3 is 2. The monoisotopic (exact) mass is 320 g/mol. The molecule has 0 spiro atoms. The largest absolute Gasteiger partial charge is 0.493 e. The molecule has 0 aliphatic rings. The summed E-state index contributed by atoms with van der Waals surface area (Å²) < 4.78 is 17.2. The molecule has 0 unspecified atom stereocenters. The van der Waals surface area contributed by atoms with E-state index in [4.69, 9.17) is 14.2 Å². The third-order valence-electron chi connectivity index (χ3n) is 2.96. The highest BCUT2D eigenvalue weighted by Crippen LogP contribution is 2.26. The van der Waals surface area contributed by atoms with Gasteiger partial charge >= 0.3 is 0 Å². The van der Waals surface area contributed by atoms with Gasteiger partial charge in [0.15, 0.2) is 11.5 Å². The molecule has 0 aliphatic heterocycles. The number of hydrogen-bond donors (Lipinski definition) is 1. The van der Waals surface area contributed by atoms with Crippen molar-refractivity contribution in [3.8, 4) is 11.5 Å². The van der Waals surface area contributed by atoms with Crippen molar-refractivity contribution in [3.63, 3.8) is 0 Å². The molecule has 8 nitrogen and oxygen atoms in total. The summed E-state index contributed by atoms with van der Waals surface area (Å²) in [6.45, 7) is 1.28. The molecule has 23 heavy (non-hydrogen) atoms. The number of amides is 1. The minimum atomic E-state index is -0.149. The van der Waals surface area contributed by atoms with Crippen molar-refractivity contribution in [1.29, 1.82) is 0 Å². The van der Waals surface area contributed by atoms with Gasteiger partial charge in [-0.15, -0.1) is 5.10 Å². The van der Waals surface area contributed by atoms with Crippen molar-refractivity contribution in [3.05, 3.63) is 36.2 Å². The van der Waals surface area contributed by atoms with Gasteiger partial charge < -0.3 is 19.5 Å². The first-order valence-corrected chi connectivity index (χ1v) is 7.13. The Bertz CT molecular complexity index is 629. The molecule has 0 saturated carbocycles. The number of benzene rings is 1. The average Bonchev–Trinajstić information content (AvgIpc) is 3.00. The quantitative estimate of drug-likeness (QED) is 0.682. The van der Waals surface area contributed by atoms with Crippen molar-refractivity contribution in [2.75, 3.05) is 27.4 Å². The number of aromatic nitrogens is 3. The maximum Gasteiger partial charge on any atom is 0.241 e. The Kier molecular flexibility index (Phi) is 6.37. The molecule has 0 saturated heterocycles. The SMILES string of the molecule is COCCNC(=O)Cn1cc(COc2ccccc2OC)nn1. The van der Waals surface area contributed by atoms with Gasteiger partial charge in [0.05, 0.1) is 19.9 Å². The van der Waals surface area contributed by atoms with Crippen molar-refractivity contribution in [2.45, 2.75) is 13.2 Å². The lowest BCUT2D eigenvalue weighted by Gasteiger charge is -2.08. The lowest BCUT2D eigenvalue weighted by molar-refractivity contribution is -0.122. The Morgan fingerprint density at radius 2 is 2.04 bits per heavy atom. The second-order valence-electron chi connectivity index (χ2n) is 4.69. The lowest BCUT2D eigenvalue weighted by atomic mass is 10.3. The second-order valence-corrected chi connectivity index (χ2v) is 4.69. The Hall–Kier alpha value is -2.61. The summed E-state index contributed by atoms with van der Waals surface area (Å²) in [5.41, 5.74) is 0.626. The molecule has 1 aromatic carbocycles. The first-order chi connectivity index (χ1) is 11.2. The number of nitrogens with one attached hydrogen (secondary N) is 1. The number of rotatable bonds is 9. The number of hydrogen-bond acceptors (Lipinski definition) is 6. The zero-order valence-corrected chi connectivity index (χ0v) is 13.2. The zero-order valence-electron chi connectivity index (χ0n) is 13.2. The van der Waals surface area contributed by atoms with E-state index in [1.54, 1.807) is 20.4 Å². The molecule has 0 radical (unpaired) electrons. The van der Waals surface area contributed by atoms with Gasteiger partial charge in [0, 0.05) is 13.7 Å². The molecule has 1 aromatic heterocycles. The Morgan fingerprint density at radius 3 is 2.78 bits per heavy atom.